The molecule has 2 aliphatic heterocycles. The van der Waals surface area contributed by atoms with E-state index >= 15 is 0 Å². The lowest BCUT2D eigenvalue weighted by molar-refractivity contribution is -0.216. The molecule has 0 N–H and O–H groups in total. The average Bonchev–Trinajstić information content (AvgIpc) is 3.25. The van der Waals surface area contributed by atoms with Crippen molar-refractivity contribution < 1.29 is 28.5 Å². The van der Waals surface area contributed by atoms with Gasteiger partial charge in [-0.05, 0) is 24.0 Å². The van der Waals surface area contributed by atoms with Gasteiger partial charge >= 0.3 is 5.97 Å². The highest BCUT2D eigenvalue weighted by Gasteiger charge is 2.56. The molecule has 2 fully saturated rings. The van der Waals surface area contributed by atoms with Gasteiger partial charge in [0.05, 0.1) is 19.3 Å². The summed E-state index contributed by atoms with van der Waals surface area (Å²) >= 11 is 0. The lowest BCUT2D eigenvalue weighted by Crippen LogP contribution is -2.35. The number of esters is 1. The normalized spacial score (nSPS) is 27.6. The van der Waals surface area contributed by atoms with Crippen LogP contribution in [0.15, 0.2) is 42.5 Å². The molecule has 2 aliphatic rings. The number of hydrogen-bond donors (Lipinski definition) is 0. The topological polar surface area (TPSA) is 63.2 Å². The molecule has 6 heteroatoms. The van der Waals surface area contributed by atoms with Crippen molar-refractivity contribution in [2.45, 2.75) is 76.8 Å². The van der Waals surface area contributed by atoms with Crippen LogP contribution in [-0.2, 0) is 35.1 Å². The van der Waals surface area contributed by atoms with E-state index in [4.69, 9.17) is 23.7 Å². The third-order valence-electron chi connectivity index (χ3n) is 5.55. The van der Waals surface area contributed by atoms with Crippen molar-refractivity contribution in [1.29, 1.82) is 0 Å². The summed E-state index contributed by atoms with van der Waals surface area (Å²) in [5, 5.41) is 0. The minimum Gasteiger partial charge on any atom is -0.461 e. The van der Waals surface area contributed by atoms with Crippen molar-refractivity contribution >= 4 is 5.97 Å². The molecule has 6 nitrogen and oxygen atoms in total. The first-order valence-electron chi connectivity index (χ1n) is 10.4. The molecule has 0 unspecified atom stereocenters. The van der Waals surface area contributed by atoms with E-state index in [1.54, 1.807) is 0 Å². The van der Waals surface area contributed by atoms with Crippen LogP contribution in [0.4, 0.5) is 0 Å². The summed E-state index contributed by atoms with van der Waals surface area (Å²) in [7, 11) is 0. The van der Waals surface area contributed by atoms with Crippen LogP contribution < -0.4 is 0 Å². The standard InChI is InChI=1S/C23H32O6/c1-5-23(6-2)28-21-19(12-16(3)13-26-17(4)24)27-20(22(21)29-23)15-25-14-18-10-8-7-9-11-18/h7-11,19-22H,3,5-6,12-15H2,1-2,4H3/t19-,20+,21-,22+/m0/s1. The highest BCUT2D eigenvalue weighted by molar-refractivity contribution is 5.66. The van der Waals surface area contributed by atoms with E-state index in [-0.39, 0.29) is 37.0 Å². The van der Waals surface area contributed by atoms with Gasteiger partial charge in [0.25, 0.3) is 0 Å². The Labute approximate surface area is 173 Å². The van der Waals surface area contributed by atoms with Crippen molar-refractivity contribution in [1.82, 2.24) is 0 Å². The van der Waals surface area contributed by atoms with Gasteiger partial charge in [-0.2, -0.15) is 0 Å². The molecule has 2 heterocycles. The zero-order valence-electron chi connectivity index (χ0n) is 17.6. The third kappa shape index (κ3) is 5.45. The van der Waals surface area contributed by atoms with Crippen LogP contribution in [0.2, 0.25) is 0 Å². The largest absolute Gasteiger partial charge is 0.461 e. The molecule has 160 valence electrons. The van der Waals surface area contributed by atoms with Gasteiger partial charge in [-0.1, -0.05) is 50.8 Å². The predicted octanol–water partition coefficient (Wildman–Crippen LogP) is 3.78. The molecule has 1 aromatic rings. The number of fused-ring (bicyclic) bond motifs is 1. The van der Waals surface area contributed by atoms with Crippen LogP contribution in [-0.4, -0.2) is 49.4 Å². The van der Waals surface area contributed by atoms with Crippen LogP contribution in [0.3, 0.4) is 0 Å². The molecular weight excluding hydrogens is 372 g/mol. The molecule has 0 aliphatic carbocycles. The fourth-order valence-corrected chi connectivity index (χ4v) is 3.91. The summed E-state index contributed by atoms with van der Waals surface area (Å²) in [5.74, 6) is -0.897. The summed E-state index contributed by atoms with van der Waals surface area (Å²) in [6.45, 7) is 10.7. The highest BCUT2D eigenvalue weighted by atomic mass is 16.8. The molecule has 0 radical (unpaired) electrons. The molecule has 3 rings (SSSR count). The first-order chi connectivity index (χ1) is 14.0. The van der Waals surface area contributed by atoms with Crippen molar-refractivity contribution in [2.75, 3.05) is 13.2 Å². The number of carbonyl (C=O) groups excluding carboxylic acids is 1. The monoisotopic (exact) mass is 404 g/mol. The first-order valence-corrected chi connectivity index (χ1v) is 10.4. The number of rotatable bonds is 10. The van der Waals surface area contributed by atoms with Gasteiger partial charge < -0.3 is 23.7 Å². The number of hydrogen-bond acceptors (Lipinski definition) is 6. The Balaban J connectivity index is 1.62. The molecule has 0 bridgehead atoms. The van der Waals surface area contributed by atoms with E-state index < -0.39 is 5.79 Å². The third-order valence-corrected chi connectivity index (χ3v) is 5.55. The minimum atomic E-state index is -0.577. The van der Waals surface area contributed by atoms with E-state index in [1.165, 1.54) is 6.92 Å². The second-order valence-corrected chi connectivity index (χ2v) is 7.73. The van der Waals surface area contributed by atoms with Crippen molar-refractivity contribution in [3.8, 4) is 0 Å². The minimum absolute atomic E-state index is 0.183. The lowest BCUT2D eigenvalue weighted by Gasteiger charge is -2.29. The van der Waals surface area contributed by atoms with E-state index in [1.807, 2.05) is 30.3 Å². The molecule has 29 heavy (non-hydrogen) atoms. The Morgan fingerprint density at radius 1 is 1.10 bits per heavy atom. The van der Waals surface area contributed by atoms with Gasteiger partial charge in [0, 0.05) is 13.3 Å². The fraction of sp³-hybridized carbons (Fsp3) is 0.609. The Morgan fingerprint density at radius 3 is 2.38 bits per heavy atom. The molecule has 1 aromatic carbocycles. The smallest absolute Gasteiger partial charge is 0.302 e. The van der Waals surface area contributed by atoms with Crippen LogP contribution in [0.1, 0.15) is 45.6 Å². The maximum absolute atomic E-state index is 11.1. The number of benzene rings is 1. The van der Waals surface area contributed by atoms with Gasteiger partial charge in [-0.25, -0.2) is 0 Å². The quantitative estimate of drug-likeness (QED) is 0.437. The van der Waals surface area contributed by atoms with E-state index in [2.05, 4.69) is 20.4 Å². The Bertz CT molecular complexity index is 684. The molecule has 4 atom stereocenters. The van der Waals surface area contributed by atoms with E-state index in [0.29, 0.717) is 19.6 Å². The van der Waals surface area contributed by atoms with Crippen LogP contribution in [0.5, 0.6) is 0 Å². The number of ether oxygens (including phenoxy) is 5. The Hall–Kier alpha value is -1.73. The Kier molecular flexibility index (Phi) is 7.46. The van der Waals surface area contributed by atoms with E-state index in [0.717, 1.165) is 24.0 Å². The van der Waals surface area contributed by atoms with Gasteiger partial charge in [0.2, 0.25) is 0 Å². The van der Waals surface area contributed by atoms with Crippen molar-refractivity contribution in [3.05, 3.63) is 48.0 Å². The van der Waals surface area contributed by atoms with Gasteiger partial charge in [0.1, 0.15) is 24.9 Å². The SMILES string of the molecule is C=C(COC(C)=O)C[C@@H]1O[C@H](COCc2ccccc2)[C@H]2OC(CC)(CC)O[C@H]21. The summed E-state index contributed by atoms with van der Waals surface area (Å²) in [6.07, 6.45) is 1.32. The van der Waals surface area contributed by atoms with Crippen LogP contribution >= 0.6 is 0 Å². The zero-order chi connectivity index (χ0) is 20.9. The molecule has 0 amide bonds. The molecule has 0 saturated carbocycles. The average molecular weight is 405 g/mol. The summed E-state index contributed by atoms with van der Waals surface area (Å²) in [4.78, 5) is 11.1. The summed E-state index contributed by atoms with van der Waals surface area (Å²) in [5.41, 5.74) is 1.91. The molecule has 0 aromatic heterocycles. The molecular formula is C23H32O6. The Morgan fingerprint density at radius 2 is 1.76 bits per heavy atom. The van der Waals surface area contributed by atoms with Gasteiger partial charge in [-0.15, -0.1) is 0 Å². The molecule has 2 saturated heterocycles. The summed E-state index contributed by atoms with van der Waals surface area (Å²) < 4.78 is 29.9. The first kappa shape index (κ1) is 22.0. The predicted molar refractivity (Wildman–Crippen MR) is 108 cm³/mol. The van der Waals surface area contributed by atoms with Crippen molar-refractivity contribution in [2.24, 2.45) is 0 Å². The van der Waals surface area contributed by atoms with E-state index in [9.17, 15) is 4.79 Å². The highest BCUT2D eigenvalue weighted by Crippen LogP contribution is 2.43. The van der Waals surface area contributed by atoms with Gasteiger partial charge in [0.15, 0.2) is 5.79 Å². The van der Waals surface area contributed by atoms with Crippen LogP contribution in [0.25, 0.3) is 0 Å². The lowest BCUT2D eigenvalue weighted by atomic mass is 10.0. The fourth-order valence-electron chi connectivity index (χ4n) is 3.91. The maximum atomic E-state index is 11.1. The number of carbonyl (C=O) groups is 1. The maximum Gasteiger partial charge on any atom is 0.302 e. The second-order valence-electron chi connectivity index (χ2n) is 7.73. The molecule has 0 spiro atoms. The second kappa shape index (κ2) is 9.85. The van der Waals surface area contributed by atoms with Crippen molar-refractivity contribution in [3.63, 3.8) is 0 Å². The zero-order valence-corrected chi connectivity index (χ0v) is 17.6. The van der Waals surface area contributed by atoms with Gasteiger partial charge in [-0.3, -0.25) is 4.79 Å². The van der Waals surface area contributed by atoms with Crippen LogP contribution in [0, 0.1) is 0 Å². The summed E-state index contributed by atoms with van der Waals surface area (Å²) in [6, 6.07) is 10.1.